The van der Waals surface area contributed by atoms with E-state index >= 15 is 0 Å². The van der Waals surface area contributed by atoms with Crippen molar-refractivity contribution in [3.63, 3.8) is 0 Å². The molecule has 120 valence electrons. The molecule has 1 aliphatic carbocycles. The normalized spacial score (nSPS) is 14.0. The summed E-state index contributed by atoms with van der Waals surface area (Å²) < 4.78 is 1.60. The predicted molar refractivity (Wildman–Crippen MR) is 84.8 cm³/mol. The molecule has 23 heavy (non-hydrogen) atoms. The van der Waals surface area contributed by atoms with Crippen molar-refractivity contribution in [1.82, 2.24) is 15.1 Å². The maximum absolute atomic E-state index is 12.4. The van der Waals surface area contributed by atoms with Crippen LogP contribution in [0.15, 0.2) is 30.5 Å². The molecule has 0 unspecified atom stereocenters. The van der Waals surface area contributed by atoms with Crippen LogP contribution in [0.2, 0.25) is 0 Å². The quantitative estimate of drug-likeness (QED) is 0.678. The van der Waals surface area contributed by atoms with Crippen LogP contribution < -0.4 is 5.32 Å². The number of aromatic nitrogens is 2. The first-order valence-electron chi connectivity index (χ1n) is 7.61. The fraction of sp³-hybridized carbons (Fsp3) is 0.375. The summed E-state index contributed by atoms with van der Waals surface area (Å²) in [5, 5.41) is 18.2. The largest absolute Gasteiger partial charge is 0.349 e. The molecule has 1 aromatic heterocycles. The Bertz CT molecular complexity index is 745. The molecular formula is C16H18N4O3. The Morgan fingerprint density at radius 1 is 1.35 bits per heavy atom. The monoisotopic (exact) mass is 314 g/mol. The molecule has 1 amide bonds. The van der Waals surface area contributed by atoms with Gasteiger partial charge >= 0.3 is 0 Å². The standard InChI is InChI=1S/C16H18N4O3/c1-10(2)15-14(16(21)17-11-3-4-11)9-19(18-15)12-5-7-13(8-6-12)20(22)23/h5-11H,3-4H2,1-2H3,(H,17,21). The van der Waals surface area contributed by atoms with E-state index in [1.165, 1.54) is 12.1 Å². The first-order valence-corrected chi connectivity index (χ1v) is 7.61. The van der Waals surface area contributed by atoms with Gasteiger partial charge in [0.2, 0.25) is 0 Å². The average molecular weight is 314 g/mol. The Morgan fingerprint density at radius 2 is 2.00 bits per heavy atom. The van der Waals surface area contributed by atoms with Crippen molar-refractivity contribution in [3.05, 3.63) is 51.8 Å². The smallest absolute Gasteiger partial charge is 0.269 e. The molecule has 0 atom stereocenters. The van der Waals surface area contributed by atoms with Crippen molar-refractivity contribution < 1.29 is 9.72 Å². The number of carbonyl (C=O) groups excluding carboxylic acids is 1. The van der Waals surface area contributed by atoms with E-state index in [2.05, 4.69) is 10.4 Å². The Kier molecular flexibility index (Phi) is 3.85. The average Bonchev–Trinajstić information content (AvgIpc) is 3.21. The van der Waals surface area contributed by atoms with Gasteiger partial charge in [-0.1, -0.05) is 13.8 Å². The Labute approximate surface area is 133 Å². The summed E-state index contributed by atoms with van der Waals surface area (Å²) in [4.78, 5) is 22.6. The fourth-order valence-electron chi connectivity index (χ4n) is 2.34. The molecule has 0 spiro atoms. The van der Waals surface area contributed by atoms with Gasteiger partial charge in [0, 0.05) is 24.4 Å². The molecule has 3 rings (SSSR count). The minimum Gasteiger partial charge on any atom is -0.349 e. The van der Waals surface area contributed by atoms with E-state index in [4.69, 9.17) is 0 Å². The number of nitro groups is 1. The van der Waals surface area contributed by atoms with Crippen molar-refractivity contribution in [2.45, 2.75) is 38.6 Å². The van der Waals surface area contributed by atoms with Crippen LogP contribution in [0.5, 0.6) is 0 Å². The molecule has 0 aliphatic heterocycles. The van der Waals surface area contributed by atoms with Gasteiger partial charge in [0.05, 0.1) is 21.9 Å². The van der Waals surface area contributed by atoms with Crippen LogP contribution >= 0.6 is 0 Å². The van der Waals surface area contributed by atoms with Gasteiger partial charge in [-0.15, -0.1) is 0 Å². The predicted octanol–water partition coefficient (Wildman–Crippen LogP) is 2.80. The molecule has 1 aliphatic rings. The Morgan fingerprint density at radius 3 is 2.52 bits per heavy atom. The number of amides is 1. The first-order chi connectivity index (χ1) is 11.0. The molecule has 1 N–H and O–H groups in total. The highest BCUT2D eigenvalue weighted by atomic mass is 16.6. The lowest BCUT2D eigenvalue weighted by Gasteiger charge is -2.05. The third-order valence-electron chi connectivity index (χ3n) is 3.77. The third-order valence-corrected chi connectivity index (χ3v) is 3.77. The Balaban J connectivity index is 1.92. The van der Waals surface area contributed by atoms with E-state index in [-0.39, 0.29) is 23.6 Å². The van der Waals surface area contributed by atoms with Gasteiger partial charge < -0.3 is 5.32 Å². The van der Waals surface area contributed by atoms with Crippen LogP contribution in [-0.4, -0.2) is 26.7 Å². The number of hydrogen-bond donors (Lipinski definition) is 1. The minimum atomic E-state index is -0.444. The molecule has 7 heteroatoms. The van der Waals surface area contributed by atoms with Gasteiger partial charge in [-0.2, -0.15) is 5.10 Å². The van der Waals surface area contributed by atoms with Gasteiger partial charge in [0.25, 0.3) is 11.6 Å². The summed E-state index contributed by atoms with van der Waals surface area (Å²) in [6, 6.07) is 6.38. The Hall–Kier alpha value is -2.70. The van der Waals surface area contributed by atoms with Gasteiger partial charge in [0.15, 0.2) is 0 Å². The SMILES string of the molecule is CC(C)c1nn(-c2ccc([N+](=O)[O-])cc2)cc1C(=O)NC1CC1. The van der Waals surface area contributed by atoms with Crippen molar-refractivity contribution in [3.8, 4) is 5.69 Å². The van der Waals surface area contributed by atoms with Crippen LogP contribution in [0.4, 0.5) is 5.69 Å². The second kappa shape index (κ2) is 5.83. The summed E-state index contributed by atoms with van der Waals surface area (Å²) >= 11 is 0. The second-order valence-electron chi connectivity index (χ2n) is 6.05. The van der Waals surface area contributed by atoms with E-state index < -0.39 is 4.92 Å². The molecule has 0 bridgehead atoms. The number of rotatable bonds is 5. The summed E-state index contributed by atoms with van der Waals surface area (Å²) in [7, 11) is 0. The second-order valence-corrected chi connectivity index (χ2v) is 6.05. The van der Waals surface area contributed by atoms with Gasteiger partial charge in [-0.3, -0.25) is 14.9 Å². The van der Waals surface area contributed by atoms with E-state index in [0.717, 1.165) is 18.5 Å². The zero-order valence-electron chi connectivity index (χ0n) is 13.0. The number of nitro benzene ring substituents is 1. The minimum absolute atomic E-state index is 0.0247. The van der Waals surface area contributed by atoms with Crippen LogP contribution in [0, 0.1) is 10.1 Å². The lowest BCUT2D eigenvalue weighted by Crippen LogP contribution is -2.26. The topological polar surface area (TPSA) is 90.1 Å². The fourth-order valence-corrected chi connectivity index (χ4v) is 2.34. The van der Waals surface area contributed by atoms with Gasteiger partial charge in [0.1, 0.15) is 0 Å². The number of non-ortho nitro benzene ring substituents is 1. The van der Waals surface area contributed by atoms with Crippen LogP contribution in [0.1, 0.15) is 48.7 Å². The highest BCUT2D eigenvalue weighted by molar-refractivity contribution is 5.95. The van der Waals surface area contributed by atoms with Crippen molar-refractivity contribution >= 4 is 11.6 Å². The summed E-state index contributed by atoms with van der Waals surface area (Å²) in [5.41, 5.74) is 1.99. The molecule has 1 saturated carbocycles. The summed E-state index contributed by atoms with van der Waals surface area (Å²) in [5.74, 6) is -0.00128. The molecule has 0 saturated heterocycles. The lowest BCUT2D eigenvalue weighted by atomic mass is 10.1. The number of nitrogens with one attached hydrogen (secondary N) is 1. The lowest BCUT2D eigenvalue weighted by molar-refractivity contribution is -0.384. The molecule has 0 radical (unpaired) electrons. The van der Waals surface area contributed by atoms with Crippen LogP contribution in [-0.2, 0) is 0 Å². The van der Waals surface area contributed by atoms with E-state index in [0.29, 0.717) is 11.3 Å². The van der Waals surface area contributed by atoms with E-state index in [1.54, 1.807) is 23.0 Å². The van der Waals surface area contributed by atoms with Crippen molar-refractivity contribution in [2.75, 3.05) is 0 Å². The van der Waals surface area contributed by atoms with E-state index in [9.17, 15) is 14.9 Å². The highest BCUT2D eigenvalue weighted by Gasteiger charge is 2.27. The molecule has 2 aromatic rings. The van der Waals surface area contributed by atoms with Gasteiger partial charge in [-0.25, -0.2) is 4.68 Å². The number of benzene rings is 1. The van der Waals surface area contributed by atoms with Gasteiger partial charge in [-0.05, 0) is 30.9 Å². The molecule has 1 aromatic carbocycles. The molecular weight excluding hydrogens is 296 g/mol. The maximum atomic E-state index is 12.4. The zero-order valence-corrected chi connectivity index (χ0v) is 13.0. The number of nitrogens with zero attached hydrogens (tertiary/aromatic N) is 3. The van der Waals surface area contributed by atoms with Crippen LogP contribution in [0.3, 0.4) is 0 Å². The molecule has 7 nitrogen and oxygen atoms in total. The molecule has 1 fully saturated rings. The summed E-state index contributed by atoms with van der Waals surface area (Å²) in [6.07, 6.45) is 3.74. The van der Waals surface area contributed by atoms with Crippen LogP contribution in [0.25, 0.3) is 5.69 Å². The molecule has 1 heterocycles. The number of hydrogen-bond acceptors (Lipinski definition) is 4. The zero-order chi connectivity index (χ0) is 16.6. The van der Waals surface area contributed by atoms with Crippen molar-refractivity contribution in [1.29, 1.82) is 0 Å². The third kappa shape index (κ3) is 3.23. The summed E-state index contributed by atoms with van der Waals surface area (Å²) in [6.45, 7) is 3.97. The maximum Gasteiger partial charge on any atom is 0.269 e. The van der Waals surface area contributed by atoms with Crippen molar-refractivity contribution in [2.24, 2.45) is 0 Å². The van der Waals surface area contributed by atoms with E-state index in [1.807, 2.05) is 13.8 Å². The first kappa shape index (κ1) is 15.2. The highest BCUT2D eigenvalue weighted by Crippen LogP contribution is 2.24. The number of carbonyl (C=O) groups is 1.